The summed E-state index contributed by atoms with van der Waals surface area (Å²) < 4.78 is 5.35. The van der Waals surface area contributed by atoms with Gasteiger partial charge in [0.1, 0.15) is 5.60 Å². The van der Waals surface area contributed by atoms with Crippen molar-refractivity contribution in [3.8, 4) is 0 Å². The molecule has 7 heteroatoms. The quantitative estimate of drug-likeness (QED) is 0.858. The fourth-order valence-corrected chi connectivity index (χ4v) is 2.66. The van der Waals surface area contributed by atoms with Crippen molar-refractivity contribution in [3.63, 3.8) is 0 Å². The Hall–Kier alpha value is -2.57. The first-order chi connectivity index (χ1) is 12.2. The molecular formula is C19H27N3O4. The van der Waals surface area contributed by atoms with Crippen molar-refractivity contribution < 1.29 is 19.1 Å². The lowest BCUT2D eigenvalue weighted by Gasteiger charge is -2.33. The Kier molecular flexibility index (Phi) is 6.60. The van der Waals surface area contributed by atoms with Crippen molar-refractivity contribution in [2.24, 2.45) is 0 Å². The highest BCUT2D eigenvalue weighted by Gasteiger charge is 2.27. The molecule has 0 unspecified atom stereocenters. The van der Waals surface area contributed by atoms with Crippen molar-refractivity contribution in [1.82, 2.24) is 15.5 Å². The zero-order valence-corrected chi connectivity index (χ0v) is 15.6. The molecule has 2 rings (SSSR count). The van der Waals surface area contributed by atoms with Crippen LogP contribution in [0.25, 0.3) is 0 Å². The first kappa shape index (κ1) is 19.8. The van der Waals surface area contributed by atoms with Gasteiger partial charge in [0.05, 0.1) is 6.54 Å². The van der Waals surface area contributed by atoms with E-state index in [0.717, 1.165) is 0 Å². The zero-order valence-electron chi connectivity index (χ0n) is 15.6. The van der Waals surface area contributed by atoms with Crippen LogP contribution in [-0.4, -0.2) is 54.1 Å². The van der Waals surface area contributed by atoms with E-state index < -0.39 is 5.60 Å². The van der Waals surface area contributed by atoms with Crippen LogP contribution in [0.15, 0.2) is 30.3 Å². The van der Waals surface area contributed by atoms with Crippen molar-refractivity contribution in [3.05, 3.63) is 35.9 Å². The van der Waals surface area contributed by atoms with Crippen molar-refractivity contribution in [2.45, 2.75) is 45.3 Å². The molecule has 142 valence electrons. The molecule has 0 atom stereocenters. The number of carbonyl (C=O) groups is 3. The molecular weight excluding hydrogens is 334 g/mol. The lowest BCUT2D eigenvalue weighted by Crippen LogP contribution is -2.49. The lowest BCUT2D eigenvalue weighted by molar-refractivity contribution is -0.121. The number of piperidine rings is 1. The number of nitrogens with one attached hydrogen (secondary N) is 2. The third-order valence-electron chi connectivity index (χ3n) is 3.96. The van der Waals surface area contributed by atoms with Crippen LogP contribution in [0.5, 0.6) is 0 Å². The summed E-state index contributed by atoms with van der Waals surface area (Å²) in [6, 6.07) is 8.75. The first-order valence-electron chi connectivity index (χ1n) is 8.85. The standard InChI is InChI=1S/C19H27N3O4/c1-19(2,3)26-18(25)22-11-9-15(10-12-22)21-16(23)13-20-17(24)14-7-5-4-6-8-14/h4-8,15H,9-13H2,1-3H3,(H,20,24)(H,21,23). The molecule has 0 bridgehead atoms. The Balaban J connectivity index is 1.69. The minimum absolute atomic E-state index is 0.00480. The van der Waals surface area contributed by atoms with Crippen LogP contribution < -0.4 is 10.6 Å². The first-order valence-corrected chi connectivity index (χ1v) is 8.85. The van der Waals surface area contributed by atoms with Crippen LogP contribution in [0, 0.1) is 0 Å². The fraction of sp³-hybridized carbons (Fsp3) is 0.526. The number of rotatable bonds is 4. The van der Waals surface area contributed by atoms with Gasteiger partial charge in [0.2, 0.25) is 5.91 Å². The lowest BCUT2D eigenvalue weighted by atomic mass is 10.1. The highest BCUT2D eigenvalue weighted by atomic mass is 16.6. The van der Waals surface area contributed by atoms with Gasteiger partial charge in [-0.05, 0) is 45.7 Å². The molecule has 2 N–H and O–H groups in total. The maximum atomic E-state index is 12.0. The van der Waals surface area contributed by atoms with E-state index in [-0.39, 0.29) is 30.5 Å². The molecule has 7 nitrogen and oxygen atoms in total. The number of benzene rings is 1. The molecule has 0 saturated carbocycles. The molecule has 1 heterocycles. The Morgan fingerprint density at radius 1 is 1.12 bits per heavy atom. The summed E-state index contributed by atoms with van der Waals surface area (Å²) >= 11 is 0. The summed E-state index contributed by atoms with van der Waals surface area (Å²) in [5.41, 5.74) is 0.00464. The second kappa shape index (κ2) is 8.69. The van der Waals surface area contributed by atoms with Crippen molar-refractivity contribution in [1.29, 1.82) is 0 Å². The van der Waals surface area contributed by atoms with E-state index in [1.165, 1.54) is 0 Å². The predicted molar refractivity (Wildman–Crippen MR) is 97.7 cm³/mol. The van der Waals surface area contributed by atoms with Gasteiger partial charge < -0.3 is 20.3 Å². The molecule has 1 aliphatic heterocycles. The van der Waals surface area contributed by atoms with E-state index >= 15 is 0 Å². The van der Waals surface area contributed by atoms with Gasteiger partial charge >= 0.3 is 6.09 Å². The molecule has 26 heavy (non-hydrogen) atoms. The van der Waals surface area contributed by atoms with Crippen molar-refractivity contribution >= 4 is 17.9 Å². The Morgan fingerprint density at radius 3 is 2.31 bits per heavy atom. The second-order valence-corrected chi connectivity index (χ2v) is 7.36. The third-order valence-corrected chi connectivity index (χ3v) is 3.96. The molecule has 0 radical (unpaired) electrons. The topological polar surface area (TPSA) is 87.7 Å². The van der Waals surface area contributed by atoms with Gasteiger partial charge in [-0.3, -0.25) is 9.59 Å². The van der Waals surface area contributed by atoms with E-state index in [0.29, 0.717) is 31.5 Å². The molecule has 1 aromatic carbocycles. The fourth-order valence-electron chi connectivity index (χ4n) is 2.66. The zero-order chi connectivity index (χ0) is 19.2. The molecule has 0 aliphatic carbocycles. The summed E-state index contributed by atoms with van der Waals surface area (Å²) in [5, 5.41) is 5.51. The van der Waals surface area contributed by atoms with Gasteiger partial charge in [-0.2, -0.15) is 0 Å². The summed E-state index contributed by atoms with van der Waals surface area (Å²) in [7, 11) is 0. The third kappa shape index (κ3) is 6.38. The van der Waals surface area contributed by atoms with Gasteiger partial charge in [-0.25, -0.2) is 4.79 Å². The van der Waals surface area contributed by atoms with Crippen LogP contribution in [0.4, 0.5) is 4.79 Å². The van der Waals surface area contributed by atoms with E-state index in [2.05, 4.69) is 10.6 Å². The number of nitrogens with zero attached hydrogens (tertiary/aromatic N) is 1. The number of likely N-dealkylation sites (tertiary alicyclic amines) is 1. The number of hydrogen-bond acceptors (Lipinski definition) is 4. The molecule has 1 saturated heterocycles. The largest absolute Gasteiger partial charge is 0.444 e. The number of ether oxygens (including phenoxy) is 1. The molecule has 1 aliphatic rings. The van der Waals surface area contributed by atoms with Crippen LogP contribution >= 0.6 is 0 Å². The Bertz CT molecular complexity index is 632. The van der Waals surface area contributed by atoms with Crippen LogP contribution in [0.1, 0.15) is 44.0 Å². The number of amides is 3. The number of carbonyl (C=O) groups excluding carboxylic acids is 3. The summed E-state index contributed by atoms with van der Waals surface area (Å²) in [4.78, 5) is 37.6. The van der Waals surface area contributed by atoms with E-state index in [1.807, 2.05) is 26.8 Å². The molecule has 1 aromatic rings. The van der Waals surface area contributed by atoms with Crippen LogP contribution in [0.2, 0.25) is 0 Å². The second-order valence-electron chi connectivity index (χ2n) is 7.36. The molecule has 0 spiro atoms. The average molecular weight is 361 g/mol. The van der Waals surface area contributed by atoms with E-state index in [4.69, 9.17) is 4.74 Å². The predicted octanol–water partition coefficient (Wildman–Crippen LogP) is 1.93. The SMILES string of the molecule is CC(C)(C)OC(=O)N1CCC(NC(=O)CNC(=O)c2ccccc2)CC1. The van der Waals surface area contributed by atoms with E-state index in [9.17, 15) is 14.4 Å². The summed E-state index contributed by atoms with van der Waals surface area (Å²) in [6.07, 6.45) is 1.01. The van der Waals surface area contributed by atoms with Gasteiger partial charge in [0, 0.05) is 24.7 Å². The Morgan fingerprint density at radius 2 is 1.73 bits per heavy atom. The maximum Gasteiger partial charge on any atom is 0.410 e. The van der Waals surface area contributed by atoms with Crippen LogP contribution in [0.3, 0.4) is 0 Å². The van der Waals surface area contributed by atoms with Gasteiger partial charge in [0.25, 0.3) is 5.91 Å². The highest BCUT2D eigenvalue weighted by molar-refractivity contribution is 5.96. The summed E-state index contributed by atoms with van der Waals surface area (Å²) in [6.45, 7) is 6.51. The maximum absolute atomic E-state index is 12.0. The molecule has 3 amide bonds. The van der Waals surface area contributed by atoms with Gasteiger partial charge in [0.15, 0.2) is 0 Å². The van der Waals surface area contributed by atoms with E-state index in [1.54, 1.807) is 29.2 Å². The normalized spacial score (nSPS) is 15.3. The van der Waals surface area contributed by atoms with Crippen LogP contribution in [-0.2, 0) is 9.53 Å². The smallest absolute Gasteiger partial charge is 0.410 e. The number of hydrogen-bond donors (Lipinski definition) is 2. The highest BCUT2D eigenvalue weighted by Crippen LogP contribution is 2.15. The average Bonchev–Trinajstić information content (AvgIpc) is 2.59. The van der Waals surface area contributed by atoms with Gasteiger partial charge in [-0.1, -0.05) is 18.2 Å². The summed E-state index contributed by atoms with van der Waals surface area (Å²) in [5.74, 6) is -0.509. The minimum Gasteiger partial charge on any atom is -0.444 e. The van der Waals surface area contributed by atoms with Gasteiger partial charge in [-0.15, -0.1) is 0 Å². The Labute approximate surface area is 154 Å². The van der Waals surface area contributed by atoms with Crippen molar-refractivity contribution in [2.75, 3.05) is 19.6 Å². The molecule has 1 fully saturated rings. The monoisotopic (exact) mass is 361 g/mol. The molecule has 0 aromatic heterocycles. The minimum atomic E-state index is -0.515.